The van der Waals surface area contributed by atoms with Crippen molar-refractivity contribution in [1.29, 1.82) is 0 Å². The van der Waals surface area contributed by atoms with Crippen LogP contribution in [0.3, 0.4) is 0 Å². The minimum absolute atomic E-state index is 0.159. The Morgan fingerprint density at radius 3 is 2.80 bits per heavy atom. The van der Waals surface area contributed by atoms with Gasteiger partial charge in [0.15, 0.2) is 0 Å². The fraction of sp³-hybridized carbons (Fsp3) is 0.600. The minimum atomic E-state index is -0.159. The molecule has 0 saturated carbocycles. The molecule has 0 bridgehead atoms. The number of carbonyl (C=O) groups is 1. The van der Waals surface area contributed by atoms with E-state index in [-0.39, 0.29) is 5.91 Å². The maximum absolute atomic E-state index is 11.7. The van der Waals surface area contributed by atoms with Gasteiger partial charge in [0.1, 0.15) is 5.69 Å². The van der Waals surface area contributed by atoms with E-state index in [1.807, 2.05) is 0 Å². The molecule has 0 saturated heterocycles. The number of carbonyl (C=O) groups excluding carboxylic acids is 1. The second-order valence-electron chi connectivity index (χ2n) is 4.01. The molecule has 84 valence electrons. The molecule has 0 aromatic carbocycles. The number of nitrogens with one attached hydrogen (secondary N) is 1. The maximum atomic E-state index is 11.7. The minimum Gasteiger partial charge on any atom is -0.396 e. The number of nitrogens with zero attached hydrogens (tertiary/aromatic N) is 2. The van der Waals surface area contributed by atoms with Gasteiger partial charge in [0, 0.05) is 13.6 Å². The molecule has 0 atom stereocenters. The molecule has 1 heterocycles. The van der Waals surface area contributed by atoms with Gasteiger partial charge >= 0.3 is 0 Å². The number of nitrogen functional groups attached to an aromatic ring is 1. The normalized spacial score (nSPS) is 10.7. The van der Waals surface area contributed by atoms with E-state index in [1.165, 1.54) is 10.9 Å². The smallest absolute Gasteiger partial charge is 0.271 e. The van der Waals surface area contributed by atoms with E-state index >= 15 is 0 Å². The van der Waals surface area contributed by atoms with Crippen LogP contribution < -0.4 is 11.1 Å². The Bertz CT molecular complexity index is 324. The molecule has 0 aliphatic rings. The van der Waals surface area contributed by atoms with Crippen LogP contribution in [0.1, 0.15) is 30.8 Å². The van der Waals surface area contributed by atoms with Crippen LogP contribution in [-0.2, 0) is 7.05 Å². The van der Waals surface area contributed by atoms with Crippen LogP contribution in [0.2, 0.25) is 0 Å². The summed E-state index contributed by atoms with van der Waals surface area (Å²) in [5.41, 5.74) is 6.48. The van der Waals surface area contributed by atoms with Crippen LogP contribution in [0, 0.1) is 5.92 Å². The van der Waals surface area contributed by atoms with E-state index in [4.69, 9.17) is 5.73 Å². The molecule has 1 rings (SSSR count). The predicted molar refractivity (Wildman–Crippen MR) is 59.4 cm³/mol. The number of aryl methyl sites for hydroxylation is 1. The fourth-order valence-electron chi connectivity index (χ4n) is 1.29. The lowest BCUT2D eigenvalue weighted by atomic mass is 10.1. The lowest BCUT2D eigenvalue weighted by Crippen LogP contribution is -2.28. The highest BCUT2D eigenvalue weighted by atomic mass is 16.2. The van der Waals surface area contributed by atoms with Gasteiger partial charge < -0.3 is 11.1 Å². The molecule has 5 nitrogen and oxygen atoms in total. The quantitative estimate of drug-likeness (QED) is 0.771. The van der Waals surface area contributed by atoms with Crippen LogP contribution in [-0.4, -0.2) is 22.2 Å². The van der Waals surface area contributed by atoms with Gasteiger partial charge in [-0.05, 0) is 12.3 Å². The van der Waals surface area contributed by atoms with E-state index in [2.05, 4.69) is 24.3 Å². The summed E-state index contributed by atoms with van der Waals surface area (Å²) in [6, 6.07) is 0. The highest BCUT2D eigenvalue weighted by Gasteiger charge is 2.13. The Morgan fingerprint density at radius 2 is 2.33 bits per heavy atom. The maximum Gasteiger partial charge on any atom is 0.271 e. The van der Waals surface area contributed by atoms with Crippen molar-refractivity contribution in [1.82, 2.24) is 15.1 Å². The van der Waals surface area contributed by atoms with Crippen LogP contribution >= 0.6 is 0 Å². The lowest BCUT2D eigenvalue weighted by molar-refractivity contribution is 0.0943. The van der Waals surface area contributed by atoms with Crippen molar-refractivity contribution >= 4 is 11.6 Å². The van der Waals surface area contributed by atoms with Crippen molar-refractivity contribution in [2.24, 2.45) is 13.0 Å². The summed E-state index contributed by atoms with van der Waals surface area (Å²) >= 11 is 0. The highest BCUT2D eigenvalue weighted by molar-refractivity contribution is 5.97. The lowest BCUT2D eigenvalue weighted by Gasteiger charge is -2.07. The van der Waals surface area contributed by atoms with Crippen LogP contribution in [0.4, 0.5) is 5.69 Å². The standard InChI is InChI=1S/C10H18N4O/c1-7(2)4-5-12-10(15)9-8(11)6-13-14(9)3/h6-7H,4-5,11H2,1-3H3,(H,12,15). The van der Waals surface area contributed by atoms with Gasteiger partial charge in [0.05, 0.1) is 11.9 Å². The Labute approximate surface area is 89.6 Å². The van der Waals surface area contributed by atoms with Crippen molar-refractivity contribution in [2.75, 3.05) is 12.3 Å². The van der Waals surface area contributed by atoms with E-state index in [1.54, 1.807) is 7.05 Å². The molecule has 0 aliphatic carbocycles. The molecule has 1 aromatic heterocycles. The second-order valence-corrected chi connectivity index (χ2v) is 4.01. The van der Waals surface area contributed by atoms with Gasteiger partial charge in [-0.3, -0.25) is 9.48 Å². The summed E-state index contributed by atoms with van der Waals surface area (Å²) in [5, 5.41) is 6.73. The van der Waals surface area contributed by atoms with Gasteiger partial charge in [0.25, 0.3) is 5.91 Å². The Kier molecular flexibility index (Phi) is 3.71. The molecule has 1 amide bonds. The van der Waals surface area contributed by atoms with Gasteiger partial charge in [0.2, 0.25) is 0 Å². The van der Waals surface area contributed by atoms with E-state index in [0.29, 0.717) is 23.8 Å². The van der Waals surface area contributed by atoms with Crippen molar-refractivity contribution in [3.63, 3.8) is 0 Å². The predicted octanol–water partition coefficient (Wildman–Crippen LogP) is 0.778. The summed E-state index contributed by atoms with van der Waals surface area (Å²) in [5.74, 6) is 0.419. The molecule has 3 N–H and O–H groups in total. The van der Waals surface area contributed by atoms with E-state index < -0.39 is 0 Å². The first-order valence-electron chi connectivity index (χ1n) is 5.08. The Morgan fingerprint density at radius 1 is 1.67 bits per heavy atom. The molecular formula is C10H18N4O. The average Bonchev–Trinajstić information content (AvgIpc) is 2.45. The van der Waals surface area contributed by atoms with Crippen molar-refractivity contribution < 1.29 is 4.79 Å². The summed E-state index contributed by atoms with van der Waals surface area (Å²) in [4.78, 5) is 11.7. The topological polar surface area (TPSA) is 72.9 Å². The van der Waals surface area contributed by atoms with E-state index in [9.17, 15) is 4.79 Å². The summed E-state index contributed by atoms with van der Waals surface area (Å²) in [6.45, 7) is 4.90. The zero-order chi connectivity index (χ0) is 11.4. The molecule has 0 aliphatic heterocycles. The fourth-order valence-corrected chi connectivity index (χ4v) is 1.29. The number of hydrogen-bond acceptors (Lipinski definition) is 3. The van der Waals surface area contributed by atoms with Gasteiger partial charge in [-0.2, -0.15) is 5.10 Å². The van der Waals surface area contributed by atoms with Crippen molar-refractivity contribution in [3.05, 3.63) is 11.9 Å². The summed E-state index contributed by atoms with van der Waals surface area (Å²) in [6.07, 6.45) is 2.45. The molecule has 5 heteroatoms. The van der Waals surface area contributed by atoms with Crippen molar-refractivity contribution in [2.45, 2.75) is 20.3 Å². The first-order chi connectivity index (χ1) is 7.02. The molecule has 0 spiro atoms. The molecular weight excluding hydrogens is 192 g/mol. The number of hydrogen-bond donors (Lipinski definition) is 2. The number of nitrogens with two attached hydrogens (primary N) is 1. The monoisotopic (exact) mass is 210 g/mol. The number of rotatable bonds is 4. The molecule has 0 radical (unpaired) electrons. The average molecular weight is 210 g/mol. The Balaban J connectivity index is 2.54. The summed E-state index contributed by atoms with van der Waals surface area (Å²) < 4.78 is 1.49. The SMILES string of the molecule is CC(C)CCNC(=O)c1c(N)cnn1C. The molecule has 1 aromatic rings. The van der Waals surface area contributed by atoms with E-state index in [0.717, 1.165) is 6.42 Å². The molecule has 0 unspecified atom stereocenters. The molecule has 0 fully saturated rings. The second kappa shape index (κ2) is 4.82. The highest BCUT2D eigenvalue weighted by Crippen LogP contribution is 2.08. The zero-order valence-electron chi connectivity index (χ0n) is 9.45. The number of aromatic nitrogens is 2. The summed E-state index contributed by atoms with van der Waals surface area (Å²) in [7, 11) is 1.70. The van der Waals surface area contributed by atoms with Crippen LogP contribution in [0.5, 0.6) is 0 Å². The third kappa shape index (κ3) is 2.97. The third-order valence-electron chi connectivity index (χ3n) is 2.19. The van der Waals surface area contributed by atoms with Crippen LogP contribution in [0.15, 0.2) is 6.20 Å². The Hall–Kier alpha value is -1.52. The van der Waals surface area contributed by atoms with Gasteiger partial charge in [-0.1, -0.05) is 13.8 Å². The van der Waals surface area contributed by atoms with Gasteiger partial charge in [-0.15, -0.1) is 0 Å². The van der Waals surface area contributed by atoms with Crippen molar-refractivity contribution in [3.8, 4) is 0 Å². The van der Waals surface area contributed by atoms with Crippen LogP contribution in [0.25, 0.3) is 0 Å². The number of amides is 1. The first-order valence-corrected chi connectivity index (χ1v) is 5.08. The first kappa shape index (κ1) is 11.6. The zero-order valence-corrected chi connectivity index (χ0v) is 9.45. The third-order valence-corrected chi connectivity index (χ3v) is 2.19. The van der Waals surface area contributed by atoms with Gasteiger partial charge in [-0.25, -0.2) is 0 Å². The largest absolute Gasteiger partial charge is 0.396 e. The molecule has 15 heavy (non-hydrogen) atoms. The number of anilines is 1.